The molecule has 1 amide bonds. The van der Waals surface area contributed by atoms with Gasteiger partial charge in [-0.3, -0.25) is 4.79 Å². The molecule has 1 fully saturated rings. The average molecular weight is 402 g/mol. The van der Waals surface area contributed by atoms with E-state index in [-0.39, 0.29) is 11.4 Å². The zero-order valence-corrected chi connectivity index (χ0v) is 15.2. The second kappa shape index (κ2) is 7.67. The third-order valence-corrected chi connectivity index (χ3v) is 4.53. The molecule has 0 unspecified atom stereocenters. The third kappa shape index (κ3) is 4.14. The van der Waals surface area contributed by atoms with Crippen LogP contribution in [0.3, 0.4) is 0 Å². The monoisotopic (exact) mass is 402 g/mol. The number of morpholine rings is 1. The van der Waals surface area contributed by atoms with Gasteiger partial charge in [0.2, 0.25) is 0 Å². The van der Waals surface area contributed by atoms with Crippen molar-refractivity contribution in [1.82, 2.24) is 9.97 Å². The number of alkyl halides is 3. The third-order valence-electron chi connectivity index (χ3n) is 4.53. The Morgan fingerprint density at radius 2 is 1.69 bits per heavy atom. The summed E-state index contributed by atoms with van der Waals surface area (Å²) < 4.78 is 44.2. The van der Waals surface area contributed by atoms with Crippen molar-refractivity contribution in [2.45, 2.75) is 6.18 Å². The van der Waals surface area contributed by atoms with E-state index in [9.17, 15) is 18.0 Å². The van der Waals surface area contributed by atoms with Gasteiger partial charge in [-0.2, -0.15) is 13.2 Å². The first kappa shape index (κ1) is 19.1. The van der Waals surface area contributed by atoms with Gasteiger partial charge in [-0.1, -0.05) is 18.2 Å². The summed E-state index contributed by atoms with van der Waals surface area (Å²) in [5.74, 6) is -0.236. The first-order valence-electron chi connectivity index (χ1n) is 9.00. The van der Waals surface area contributed by atoms with Crippen molar-refractivity contribution in [2.75, 3.05) is 36.5 Å². The lowest BCUT2D eigenvalue weighted by atomic mass is 10.2. The number of ether oxygens (including phenoxy) is 1. The van der Waals surface area contributed by atoms with Crippen LogP contribution < -0.4 is 10.2 Å². The lowest BCUT2D eigenvalue weighted by Gasteiger charge is -2.29. The van der Waals surface area contributed by atoms with Gasteiger partial charge in [-0.25, -0.2) is 9.97 Å². The van der Waals surface area contributed by atoms with Gasteiger partial charge >= 0.3 is 6.18 Å². The van der Waals surface area contributed by atoms with Crippen LogP contribution >= 0.6 is 0 Å². The highest BCUT2D eigenvalue weighted by molar-refractivity contribution is 6.07. The fraction of sp³-hybridized carbons (Fsp3) is 0.250. The van der Waals surface area contributed by atoms with Gasteiger partial charge in [0.25, 0.3) is 5.91 Å². The van der Waals surface area contributed by atoms with Gasteiger partial charge in [0.1, 0.15) is 0 Å². The lowest BCUT2D eigenvalue weighted by Crippen LogP contribution is -2.38. The topological polar surface area (TPSA) is 67.4 Å². The Labute approximate surface area is 164 Å². The number of nitrogens with zero attached hydrogens (tertiary/aromatic N) is 3. The Bertz CT molecular complexity index is 1050. The summed E-state index contributed by atoms with van der Waals surface area (Å²) in [6.45, 7) is 2.06. The van der Waals surface area contributed by atoms with Gasteiger partial charge in [-0.15, -0.1) is 0 Å². The predicted molar refractivity (Wildman–Crippen MR) is 102 cm³/mol. The van der Waals surface area contributed by atoms with E-state index in [1.54, 1.807) is 18.2 Å². The number of carbonyl (C=O) groups is 1. The van der Waals surface area contributed by atoms with Crippen LogP contribution in [0.15, 0.2) is 48.5 Å². The molecule has 2 heterocycles. The SMILES string of the molecule is O=C(Nc1cccc(C(F)(F)F)c1)c1nc2ccccc2nc1N1CCOCC1. The van der Waals surface area contributed by atoms with Crippen LogP contribution in [0.2, 0.25) is 0 Å². The van der Waals surface area contributed by atoms with Gasteiger partial charge in [0.05, 0.1) is 29.8 Å². The molecule has 1 saturated heterocycles. The number of carbonyl (C=O) groups excluding carboxylic acids is 1. The summed E-state index contributed by atoms with van der Waals surface area (Å²) in [6.07, 6.45) is -4.50. The summed E-state index contributed by atoms with van der Waals surface area (Å²) >= 11 is 0. The number of nitrogens with one attached hydrogen (secondary N) is 1. The molecular weight excluding hydrogens is 385 g/mol. The van der Waals surface area contributed by atoms with Gasteiger partial charge in [0.15, 0.2) is 11.5 Å². The van der Waals surface area contributed by atoms with Crippen molar-refractivity contribution in [3.63, 3.8) is 0 Å². The van der Waals surface area contributed by atoms with E-state index in [1.807, 2.05) is 11.0 Å². The van der Waals surface area contributed by atoms with Crippen LogP contribution in [0.25, 0.3) is 11.0 Å². The second-order valence-corrected chi connectivity index (χ2v) is 6.52. The van der Waals surface area contributed by atoms with Gasteiger partial charge in [0, 0.05) is 18.8 Å². The van der Waals surface area contributed by atoms with Crippen LogP contribution in [-0.2, 0) is 10.9 Å². The van der Waals surface area contributed by atoms with E-state index < -0.39 is 17.6 Å². The molecule has 150 valence electrons. The van der Waals surface area contributed by atoms with Crippen molar-refractivity contribution >= 4 is 28.4 Å². The summed E-state index contributed by atoms with van der Waals surface area (Å²) in [7, 11) is 0. The van der Waals surface area contributed by atoms with Crippen molar-refractivity contribution in [3.05, 3.63) is 59.8 Å². The predicted octanol–water partition coefficient (Wildman–Crippen LogP) is 3.74. The molecule has 9 heteroatoms. The van der Waals surface area contributed by atoms with Crippen molar-refractivity contribution in [3.8, 4) is 0 Å². The van der Waals surface area contributed by atoms with E-state index >= 15 is 0 Å². The molecule has 0 aliphatic carbocycles. The quantitative estimate of drug-likeness (QED) is 0.723. The number of hydrogen-bond acceptors (Lipinski definition) is 5. The zero-order valence-electron chi connectivity index (χ0n) is 15.2. The van der Waals surface area contributed by atoms with Crippen LogP contribution in [0.5, 0.6) is 0 Å². The molecule has 0 radical (unpaired) electrons. The van der Waals surface area contributed by atoms with Crippen LogP contribution in [0.4, 0.5) is 24.7 Å². The van der Waals surface area contributed by atoms with Crippen LogP contribution in [0.1, 0.15) is 16.1 Å². The summed E-state index contributed by atoms with van der Waals surface area (Å²) in [5.41, 5.74) is 0.410. The molecule has 3 aromatic rings. The van der Waals surface area contributed by atoms with Crippen LogP contribution in [0, 0.1) is 0 Å². The molecule has 29 heavy (non-hydrogen) atoms. The minimum Gasteiger partial charge on any atom is -0.378 e. The normalized spacial score (nSPS) is 14.8. The second-order valence-electron chi connectivity index (χ2n) is 6.52. The number of fused-ring (bicyclic) bond motifs is 1. The highest BCUT2D eigenvalue weighted by Gasteiger charge is 2.31. The molecule has 2 aromatic carbocycles. The standard InChI is InChI=1S/C20H17F3N4O2/c21-20(22,23)13-4-3-5-14(12-13)24-19(28)17-18(27-8-10-29-11-9-27)26-16-7-2-1-6-15(16)25-17/h1-7,12H,8-11H2,(H,24,28). The Balaban J connectivity index is 1.71. The maximum atomic E-state index is 13.0. The minimum atomic E-state index is -4.50. The van der Waals surface area contributed by atoms with E-state index in [4.69, 9.17) is 4.74 Å². The number of anilines is 2. The van der Waals surface area contributed by atoms with E-state index in [1.165, 1.54) is 12.1 Å². The van der Waals surface area contributed by atoms with Gasteiger partial charge in [-0.05, 0) is 30.3 Å². The van der Waals surface area contributed by atoms with Crippen molar-refractivity contribution in [1.29, 1.82) is 0 Å². The fourth-order valence-electron chi connectivity index (χ4n) is 3.10. The lowest BCUT2D eigenvalue weighted by molar-refractivity contribution is -0.137. The molecular formula is C20H17F3N4O2. The molecule has 0 saturated carbocycles. The molecule has 6 nitrogen and oxygen atoms in total. The van der Waals surface area contributed by atoms with Crippen molar-refractivity contribution in [2.24, 2.45) is 0 Å². The molecule has 1 aliphatic rings. The Morgan fingerprint density at radius 1 is 1.00 bits per heavy atom. The minimum absolute atomic E-state index is 0.0349. The smallest absolute Gasteiger partial charge is 0.378 e. The number of amides is 1. The highest BCUT2D eigenvalue weighted by Crippen LogP contribution is 2.31. The zero-order chi connectivity index (χ0) is 20.4. The fourth-order valence-corrected chi connectivity index (χ4v) is 3.10. The van der Waals surface area contributed by atoms with Gasteiger partial charge < -0.3 is 15.0 Å². The molecule has 1 aromatic heterocycles. The van der Waals surface area contributed by atoms with Crippen LogP contribution in [-0.4, -0.2) is 42.2 Å². The summed E-state index contributed by atoms with van der Waals surface area (Å²) in [6, 6.07) is 11.6. The number of halogens is 3. The first-order valence-corrected chi connectivity index (χ1v) is 9.00. The molecule has 1 aliphatic heterocycles. The largest absolute Gasteiger partial charge is 0.416 e. The highest BCUT2D eigenvalue weighted by atomic mass is 19.4. The van der Waals surface area contributed by atoms with E-state index in [0.29, 0.717) is 43.2 Å². The maximum Gasteiger partial charge on any atom is 0.416 e. The van der Waals surface area contributed by atoms with Crippen molar-refractivity contribution < 1.29 is 22.7 Å². The Kier molecular flexibility index (Phi) is 5.06. The molecule has 0 spiro atoms. The number of benzene rings is 2. The summed E-state index contributed by atoms with van der Waals surface area (Å²) in [4.78, 5) is 23.8. The molecule has 0 atom stereocenters. The molecule has 1 N–H and O–H groups in total. The maximum absolute atomic E-state index is 13.0. The van der Waals surface area contributed by atoms with E-state index in [2.05, 4.69) is 15.3 Å². The molecule has 0 bridgehead atoms. The number of para-hydroxylation sites is 2. The molecule has 4 rings (SSSR count). The number of aromatic nitrogens is 2. The summed E-state index contributed by atoms with van der Waals surface area (Å²) in [5, 5.41) is 2.52. The number of rotatable bonds is 3. The van der Waals surface area contributed by atoms with E-state index in [0.717, 1.165) is 12.1 Å². The Morgan fingerprint density at radius 3 is 2.38 bits per heavy atom. The first-order chi connectivity index (χ1) is 13.9. The number of hydrogen-bond donors (Lipinski definition) is 1. The Hall–Kier alpha value is -3.20. The average Bonchev–Trinajstić information content (AvgIpc) is 2.73.